The number of piperidine rings is 1. The Morgan fingerprint density at radius 2 is 1.90 bits per heavy atom. The lowest BCUT2D eigenvalue weighted by Crippen LogP contribution is -2.41. The van der Waals surface area contributed by atoms with Crippen molar-refractivity contribution in [3.63, 3.8) is 0 Å². The highest BCUT2D eigenvalue weighted by atomic mass is 16.6. The number of likely N-dealkylation sites (tertiary alicyclic amines) is 1. The van der Waals surface area contributed by atoms with Crippen LogP contribution < -0.4 is 11.1 Å². The molecule has 1 atom stereocenters. The van der Waals surface area contributed by atoms with Gasteiger partial charge < -0.3 is 20.7 Å². The van der Waals surface area contributed by atoms with Crippen LogP contribution in [0.5, 0.6) is 0 Å². The minimum atomic E-state index is -0.470. The molecule has 1 amide bonds. The summed E-state index contributed by atoms with van der Waals surface area (Å²) in [6, 6.07) is 12.5. The highest BCUT2D eigenvalue weighted by molar-refractivity contribution is 5.68. The second-order valence-electron chi connectivity index (χ2n) is 8.71. The van der Waals surface area contributed by atoms with Crippen LogP contribution in [-0.2, 0) is 4.74 Å². The Morgan fingerprint density at radius 1 is 1.24 bits per heavy atom. The van der Waals surface area contributed by atoms with Gasteiger partial charge in [0.1, 0.15) is 5.60 Å². The van der Waals surface area contributed by atoms with Gasteiger partial charge in [-0.2, -0.15) is 0 Å². The molecule has 3 N–H and O–H groups in total. The van der Waals surface area contributed by atoms with Gasteiger partial charge in [-0.15, -0.1) is 0 Å². The molecule has 1 aliphatic rings. The van der Waals surface area contributed by atoms with Crippen LogP contribution >= 0.6 is 0 Å². The van der Waals surface area contributed by atoms with Crippen molar-refractivity contribution >= 4 is 17.5 Å². The number of hydrogen-bond donors (Lipinski definition) is 2. The van der Waals surface area contributed by atoms with Gasteiger partial charge in [0, 0.05) is 30.7 Å². The van der Waals surface area contributed by atoms with E-state index in [1.54, 1.807) is 11.1 Å². The van der Waals surface area contributed by atoms with Crippen molar-refractivity contribution in [2.24, 2.45) is 0 Å². The molecule has 29 heavy (non-hydrogen) atoms. The van der Waals surface area contributed by atoms with Crippen molar-refractivity contribution in [1.82, 2.24) is 9.88 Å². The van der Waals surface area contributed by atoms with E-state index in [0.717, 1.165) is 24.2 Å². The molecule has 6 heteroatoms. The van der Waals surface area contributed by atoms with Crippen molar-refractivity contribution in [3.8, 4) is 0 Å². The summed E-state index contributed by atoms with van der Waals surface area (Å²) in [6.07, 6.45) is 3.23. The van der Waals surface area contributed by atoms with Crippen LogP contribution in [0.2, 0.25) is 0 Å². The van der Waals surface area contributed by atoms with Gasteiger partial charge in [-0.3, -0.25) is 4.98 Å². The van der Waals surface area contributed by atoms with Crippen molar-refractivity contribution < 1.29 is 9.53 Å². The first kappa shape index (κ1) is 21.0. The molecule has 0 unspecified atom stereocenters. The average Bonchev–Trinajstić information content (AvgIpc) is 2.69. The van der Waals surface area contributed by atoms with E-state index in [1.165, 1.54) is 5.56 Å². The number of rotatable bonds is 4. The van der Waals surface area contributed by atoms with E-state index >= 15 is 0 Å². The quantitative estimate of drug-likeness (QED) is 0.764. The largest absolute Gasteiger partial charge is 0.444 e. The molecule has 1 aliphatic heterocycles. The third-order valence-corrected chi connectivity index (χ3v) is 5.19. The fourth-order valence-corrected chi connectivity index (χ4v) is 3.57. The first-order valence-corrected chi connectivity index (χ1v) is 10.3. The second-order valence-corrected chi connectivity index (χ2v) is 8.71. The highest BCUT2D eigenvalue weighted by Gasteiger charge is 2.28. The zero-order valence-electron chi connectivity index (χ0n) is 17.8. The maximum absolute atomic E-state index is 12.3. The number of carbonyl (C=O) groups is 1. The molecule has 1 aromatic carbocycles. The number of nitrogens with two attached hydrogens (primary N) is 1. The second kappa shape index (κ2) is 8.72. The number of hydrogen-bond acceptors (Lipinski definition) is 5. The van der Waals surface area contributed by atoms with Crippen LogP contribution in [0.3, 0.4) is 0 Å². The summed E-state index contributed by atoms with van der Waals surface area (Å²) in [5.41, 5.74) is 9.47. The first-order valence-electron chi connectivity index (χ1n) is 10.3. The molecule has 1 saturated heterocycles. The van der Waals surface area contributed by atoms with E-state index in [0.29, 0.717) is 24.7 Å². The topological polar surface area (TPSA) is 80.5 Å². The Labute approximate surface area is 173 Å². The summed E-state index contributed by atoms with van der Waals surface area (Å²) in [4.78, 5) is 18.6. The summed E-state index contributed by atoms with van der Waals surface area (Å²) in [5, 5.41) is 3.51. The molecular weight excluding hydrogens is 364 g/mol. The maximum Gasteiger partial charge on any atom is 0.410 e. The fourth-order valence-electron chi connectivity index (χ4n) is 3.57. The molecule has 0 saturated carbocycles. The van der Waals surface area contributed by atoms with Gasteiger partial charge in [0.05, 0.1) is 17.6 Å². The van der Waals surface area contributed by atoms with E-state index in [4.69, 9.17) is 10.5 Å². The van der Waals surface area contributed by atoms with Gasteiger partial charge in [0.25, 0.3) is 0 Å². The number of nitrogens with one attached hydrogen (secondary N) is 1. The normalized spacial score (nSPS) is 16.3. The van der Waals surface area contributed by atoms with E-state index in [1.807, 2.05) is 39.0 Å². The smallest absolute Gasteiger partial charge is 0.410 e. The molecule has 6 nitrogen and oxygen atoms in total. The lowest BCUT2D eigenvalue weighted by atomic mass is 9.93. The van der Waals surface area contributed by atoms with Gasteiger partial charge in [-0.1, -0.05) is 30.3 Å². The third kappa shape index (κ3) is 5.62. The third-order valence-electron chi connectivity index (χ3n) is 5.19. The van der Waals surface area contributed by atoms with Crippen LogP contribution in [0.4, 0.5) is 16.2 Å². The number of pyridine rings is 1. The molecular formula is C23H32N4O2. The van der Waals surface area contributed by atoms with Crippen molar-refractivity contribution in [3.05, 3.63) is 53.9 Å². The predicted molar refractivity (Wildman–Crippen MR) is 117 cm³/mol. The molecule has 156 valence electrons. The standard InChI is InChI=1S/C23H32N4O2/c1-16(17-8-6-5-7-9-17)26-21-14-20(25-15-19(21)24)18-10-12-27(13-11-18)22(28)29-23(2,3)4/h5-9,14-16,18H,10-13,24H2,1-4H3,(H,25,26)/t16-/m0/s1. The summed E-state index contributed by atoms with van der Waals surface area (Å²) >= 11 is 0. The molecule has 0 aliphatic carbocycles. The monoisotopic (exact) mass is 396 g/mol. The molecule has 0 radical (unpaired) electrons. The zero-order valence-corrected chi connectivity index (χ0v) is 17.8. The number of aromatic nitrogens is 1. The Kier molecular flexibility index (Phi) is 6.30. The SMILES string of the molecule is C[C@H](Nc1cc(C2CCN(C(=O)OC(C)(C)C)CC2)ncc1N)c1ccccc1. The summed E-state index contributed by atoms with van der Waals surface area (Å²) in [7, 11) is 0. The van der Waals surface area contributed by atoms with E-state index in [2.05, 4.69) is 35.4 Å². The molecule has 2 aromatic rings. The van der Waals surface area contributed by atoms with Crippen LogP contribution in [-0.4, -0.2) is 34.7 Å². The highest BCUT2D eigenvalue weighted by Crippen LogP contribution is 2.32. The van der Waals surface area contributed by atoms with Crippen LogP contribution in [0.1, 0.15) is 63.8 Å². The number of nitrogens with zero attached hydrogens (tertiary/aromatic N) is 2. The number of benzene rings is 1. The molecule has 3 rings (SSSR count). The fraction of sp³-hybridized carbons (Fsp3) is 0.478. The molecule has 1 aromatic heterocycles. The van der Waals surface area contributed by atoms with Crippen molar-refractivity contribution in [2.75, 3.05) is 24.1 Å². The number of anilines is 2. The van der Waals surface area contributed by atoms with Gasteiger partial charge in [0.15, 0.2) is 0 Å². The van der Waals surface area contributed by atoms with E-state index in [9.17, 15) is 4.79 Å². The summed E-state index contributed by atoms with van der Waals surface area (Å²) < 4.78 is 5.48. The first-order chi connectivity index (χ1) is 13.7. The minimum Gasteiger partial charge on any atom is -0.444 e. The number of carbonyl (C=O) groups excluding carboxylic acids is 1. The number of ether oxygens (including phenoxy) is 1. The summed E-state index contributed by atoms with van der Waals surface area (Å²) in [5.74, 6) is 0.307. The van der Waals surface area contributed by atoms with E-state index < -0.39 is 5.60 Å². The van der Waals surface area contributed by atoms with Gasteiger partial charge in [0.2, 0.25) is 0 Å². The Hall–Kier alpha value is -2.76. The minimum absolute atomic E-state index is 0.141. The molecule has 0 bridgehead atoms. The van der Waals surface area contributed by atoms with Crippen LogP contribution in [0.15, 0.2) is 42.6 Å². The van der Waals surface area contributed by atoms with E-state index in [-0.39, 0.29) is 12.1 Å². The van der Waals surface area contributed by atoms with Crippen molar-refractivity contribution in [1.29, 1.82) is 0 Å². The summed E-state index contributed by atoms with van der Waals surface area (Å²) in [6.45, 7) is 9.14. The lowest BCUT2D eigenvalue weighted by Gasteiger charge is -2.33. The lowest BCUT2D eigenvalue weighted by molar-refractivity contribution is 0.0204. The molecule has 2 heterocycles. The van der Waals surface area contributed by atoms with Gasteiger partial charge in [-0.25, -0.2) is 4.79 Å². The number of amides is 1. The Morgan fingerprint density at radius 3 is 2.52 bits per heavy atom. The average molecular weight is 397 g/mol. The Balaban J connectivity index is 1.64. The van der Waals surface area contributed by atoms with Crippen molar-refractivity contribution in [2.45, 2.75) is 58.1 Å². The zero-order chi connectivity index (χ0) is 21.0. The van der Waals surface area contributed by atoms with Crippen LogP contribution in [0, 0.1) is 0 Å². The predicted octanol–water partition coefficient (Wildman–Crippen LogP) is 4.95. The van der Waals surface area contributed by atoms with Gasteiger partial charge in [-0.05, 0) is 52.2 Å². The van der Waals surface area contributed by atoms with Crippen LogP contribution in [0.25, 0.3) is 0 Å². The molecule has 0 spiro atoms. The maximum atomic E-state index is 12.3. The molecule has 1 fully saturated rings. The Bertz CT molecular complexity index is 825. The van der Waals surface area contributed by atoms with Gasteiger partial charge >= 0.3 is 6.09 Å². The number of nitrogen functional groups attached to an aromatic ring is 1.